The van der Waals surface area contributed by atoms with Gasteiger partial charge in [-0.15, -0.1) is 11.3 Å². The van der Waals surface area contributed by atoms with E-state index in [2.05, 4.69) is 16.4 Å². The summed E-state index contributed by atoms with van der Waals surface area (Å²) in [4.78, 5) is 30.2. The number of carbonyl (C=O) groups is 2. The monoisotopic (exact) mass is 475 g/mol. The number of anilines is 1. The summed E-state index contributed by atoms with van der Waals surface area (Å²) in [5.41, 5.74) is 10.7. The van der Waals surface area contributed by atoms with E-state index < -0.39 is 0 Å². The maximum Gasteiger partial charge on any atom is 0.306 e. The summed E-state index contributed by atoms with van der Waals surface area (Å²) in [5.74, 6) is 0.407. The van der Waals surface area contributed by atoms with Gasteiger partial charge in [-0.05, 0) is 78.9 Å². The van der Waals surface area contributed by atoms with Crippen molar-refractivity contribution in [2.45, 2.75) is 39.2 Å². The fourth-order valence-corrected chi connectivity index (χ4v) is 4.82. The number of esters is 1. The molecule has 0 saturated heterocycles. The van der Waals surface area contributed by atoms with E-state index in [0.717, 1.165) is 35.4 Å². The minimum atomic E-state index is -0.181. The van der Waals surface area contributed by atoms with E-state index in [1.165, 1.54) is 11.1 Å². The number of amidine groups is 1. The molecule has 0 aliphatic heterocycles. The van der Waals surface area contributed by atoms with E-state index in [4.69, 9.17) is 10.5 Å². The molecule has 0 fully saturated rings. The van der Waals surface area contributed by atoms with Gasteiger partial charge in [-0.3, -0.25) is 14.6 Å². The van der Waals surface area contributed by atoms with Crippen LogP contribution in [0.3, 0.4) is 0 Å². The number of carbonyl (C=O) groups excluding carboxylic acids is 2. The highest BCUT2D eigenvalue weighted by Crippen LogP contribution is 2.30. The van der Waals surface area contributed by atoms with Crippen molar-refractivity contribution in [3.63, 3.8) is 0 Å². The molecule has 3 N–H and O–H groups in total. The van der Waals surface area contributed by atoms with Crippen LogP contribution in [0.25, 0.3) is 0 Å². The fourth-order valence-electron chi connectivity index (χ4n) is 4.19. The standard InChI is InChI=1S/C27H29N3O3S/c1-2-33-25(31)15-18-5-6-19-11-12-23(16-22(19)14-18)30-27(32)21-9-7-20(8-10-21)26(28)29-17-24-4-3-13-34-24/h3-4,7-13,16,18H,2,5-6,14-15,17H2,1H3,(H2,28,29)(H,30,32). The molecule has 1 amide bonds. The largest absolute Gasteiger partial charge is 0.466 e. The Hall–Kier alpha value is -3.45. The van der Waals surface area contributed by atoms with Gasteiger partial charge in [-0.2, -0.15) is 0 Å². The zero-order valence-corrected chi connectivity index (χ0v) is 20.1. The molecule has 34 heavy (non-hydrogen) atoms. The Morgan fingerprint density at radius 2 is 1.91 bits per heavy atom. The number of ether oxygens (including phenoxy) is 1. The Kier molecular flexibility index (Phi) is 7.75. The molecule has 0 bridgehead atoms. The van der Waals surface area contributed by atoms with E-state index >= 15 is 0 Å². The third-order valence-corrected chi connectivity index (χ3v) is 6.84. The van der Waals surface area contributed by atoms with Crippen LogP contribution in [-0.4, -0.2) is 24.3 Å². The average Bonchev–Trinajstić information content (AvgIpc) is 3.36. The quantitative estimate of drug-likeness (QED) is 0.273. The molecule has 0 radical (unpaired) electrons. The molecule has 7 heteroatoms. The summed E-state index contributed by atoms with van der Waals surface area (Å²) < 4.78 is 5.10. The molecule has 6 nitrogen and oxygen atoms in total. The number of benzene rings is 2. The molecule has 1 aromatic heterocycles. The molecule has 1 atom stereocenters. The molecule has 1 heterocycles. The Morgan fingerprint density at radius 3 is 2.65 bits per heavy atom. The van der Waals surface area contributed by atoms with Crippen LogP contribution in [-0.2, 0) is 28.9 Å². The van der Waals surface area contributed by atoms with Gasteiger partial charge in [0.1, 0.15) is 5.84 Å². The van der Waals surface area contributed by atoms with E-state index in [0.29, 0.717) is 31.0 Å². The van der Waals surface area contributed by atoms with Gasteiger partial charge < -0.3 is 15.8 Å². The second kappa shape index (κ2) is 11.1. The summed E-state index contributed by atoms with van der Waals surface area (Å²) in [7, 11) is 0. The maximum absolute atomic E-state index is 12.8. The zero-order valence-electron chi connectivity index (χ0n) is 19.3. The number of fused-ring (bicyclic) bond motifs is 1. The van der Waals surface area contributed by atoms with E-state index in [9.17, 15) is 9.59 Å². The SMILES string of the molecule is CCOC(=O)CC1CCc2ccc(NC(=O)c3ccc(C(N)=NCc4cccs4)cc3)cc2C1. The molecular formula is C27H29N3O3S. The van der Waals surface area contributed by atoms with Crippen molar-refractivity contribution in [2.75, 3.05) is 11.9 Å². The highest BCUT2D eigenvalue weighted by molar-refractivity contribution is 7.09. The topological polar surface area (TPSA) is 93.8 Å². The van der Waals surface area contributed by atoms with Crippen LogP contribution in [0.2, 0.25) is 0 Å². The zero-order chi connectivity index (χ0) is 23.9. The van der Waals surface area contributed by atoms with Crippen LogP contribution in [0, 0.1) is 5.92 Å². The lowest BCUT2D eigenvalue weighted by molar-refractivity contribution is -0.144. The van der Waals surface area contributed by atoms with Gasteiger partial charge in [-0.1, -0.05) is 24.3 Å². The highest BCUT2D eigenvalue weighted by Gasteiger charge is 2.22. The van der Waals surface area contributed by atoms with Crippen LogP contribution in [0.4, 0.5) is 5.69 Å². The molecule has 3 aromatic rings. The summed E-state index contributed by atoms with van der Waals surface area (Å²) in [6.45, 7) is 2.78. The molecule has 176 valence electrons. The van der Waals surface area contributed by atoms with E-state index in [-0.39, 0.29) is 17.8 Å². The summed E-state index contributed by atoms with van der Waals surface area (Å²) in [6, 6.07) is 17.2. The first kappa shape index (κ1) is 23.7. The van der Waals surface area contributed by atoms with Gasteiger partial charge in [-0.25, -0.2) is 0 Å². The average molecular weight is 476 g/mol. The van der Waals surface area contributed by atoms with E-state index in [1.807, 2.05) is 48.7 Å². The molecule has 1 unspecified atom stereocenters. The van der Waals surface area contributed by atoms with Crippen molar-refractivity contribution >= 4 is 34.7 Å². The first-order chi connectivity index (χ1) is 16.5. The summed E-state index contributed by atoms with van der Waals surface area (Å²) in [5, 5.41) is 5.00. The minimum Gasteiger partial charge on any atom is -0.466 e. The van der Waals surface area contributed by atoms with Crippen molar-refractivity contribution in [2.24, 2.45) is 16.6 Å². The van der Waals surface area contributed by atoms with Gasteiger partial charge in [0, 0.05) is 28.1 Å². The molecule has 1 aliphatic carbocycles. The highest BCUT2D eigenvalue weighted by atomic mass is 32.1. The van der Waals surface area contributed by atoms with E-state index in [1.54, 1.807) is 23.5 Å². The second-order valence-corrected chi connectivity index (χ2v) is 9.45. The summed E-state index contributed by atoms with van der Waals surface area (Å²) >= 11 is 1.64. The first-order valence-electron chi connectivity index (χ1n) is 11.5. The van der Waals surface area contributed by atoms with Gasteiger partial charge >= 0.3 is 5.97 Å². The number of aliphatic imine (C=N–C) groups is 1. The molecule has 4 rings (SSSR count). The lowest BCUT2D eigenvalue weighted by Gasteiger charge is -2.24. The number of hydrogen-bond acceptors (Lipinski definition) is 5. The predicted molar refractivity (Wildman–Crippen MR) is 136 cm³/mol. The van der Waals surface area contributed by atoms with Crippen molar-refractivity contribution in [3.05, 3.63) is 87.1 Å². The fraction of sp³-hybridized carbons (Fsp3) is 0.296. The van der Waals surface area contributed by atoms with Crippen LogP contribution < -0.4 is 11.1 Å². The minimum absolute atomic E-state index is 0.138. The van der Waals surface area contributed by atoms with Crippen molar-refractivity contribution < 1.29 is 14.3 Å². The molecule has 0 saturated carbocycles. The van der Waals surface area contributed by atoms with Gasteiger partial charge in [0.05, 0.1) is 13.2 Å². The number of amides is 1. The van der Waals surface area contributed by atoms with Gasteiger partial charge in [0.2, 0.25) is 0 Å². The third-order valence-electron chi connectivity index (χ3n) is 5.98. The number of hydrogen-bond donors (Lipinski definition) is 2. The third kappa shape index (κ3) is 6.11. The summed E-state index contributed by atoms with van der Waals surface area (Å²) in [6.07, 6.45) is 3.17. The number of nitrogens with zero attached hydrogens (tertiary/aromatic N) is 1. The molecule has 0 spiro atoms. The van der Waals surface area contributed by atoms with Crippen molar-refractivity contribution in [3.8, 4) is 0 Å². The Bertz CT molecular complexity index is 1170. The Morgan fingerprint density at radius 1 is 1.12 bits per heavy atom. The maximum atomic E-state index is 12.8. The van der Waals surface area contributed by atoms with Gasteiger partial charge in [0.25, 0.3) is 5.91 Å². The Balaban J connectivity index is 1.37. The molecule has 1 aliphatic rings. The number of nitrogens with one attached hydrogen (secondary N) is 1. The number of aryl methyl sites for hydroxylation is 1. The number of thiophene rings is 1. The van der Waals surface area contributed by atoms with Gasteiger partial charge in [0.15, 0.2) is 0 Å². The lowest BCUT2D eigenvalue weighted by Crippen LogP contribution is -2.19. The smallest absolute Gasteiger partial charge is 0.306 e. The van der Waals surface area contributed by atoms with Crippen molar-refractivity contribution in [1.29, 1.82) is 0 Å². The Labute approximate surface area is 203 Å². The van der Waals surface area contributed by atoms with Crippen LogP contribution >= 0.6 is 11.3 Å². The lowest BCUT2D eigenvalue weighted by atomic mass is 9.82. The molecular weight excluding hydrogens is 446 g/mol. The van der Waals surface area contributed by atoms with Crippen molar-refractivity contribution in [1.82, 2.24) is 0 Å². The first-order valence-corrected chi connectivity index (χ1v) is 12.4. The normalized spacial score (nSPS) is 15.4. The van der Waals surface area contributed by atoms with Crippen LogP contribution in [0.15, 0.2) is 65.0 Å². The number of rotatable bonds is 8. The number of nitrogens with two attached hydrogens (primary N) is 1. The predicted octanol–water partition coefficient (Wildman–Crippen LogP) is 4.96. The van der Waals surface area contributed by atoms with Crippen LogP contribution in [0.1, 0.15) is 51.7 Å². The second-order valence-electron chi connectivity index (χ2n) is 8.41. The van der Waals surface area contributed by atoms with Crippen LogP contribution in [0.5, 0.6) is 0 Å². The molecule has 2 aromatic carbocycles.